The lowest BCUT2D eigenvalue weighted by Crippen LogP contribution is -2.07. The summed E-state index contributed by atoms with van der Waals surface area (Å²) in [5, 5.41) is 13.8. The average molecular weight is 340 g/mol. The van der Waals surface area contributed by atoms with Gasteiger partial charge in [0.15, 0.2) is 0 Å². The van der Waals surface area contributed by atoms with Gasteiger partial charge in [0.1, 0.15) is 6.20 Å². The van der Waals surface area contributed by atoms with Gasteiger partial charge in [-0.2, -0.15) is 9.97 Å². The van der Waals surface area contributed by atoms with Crippen molar-refractivity contribution in [1.82, 2.24) is 15.0 Å². The third-order valence-electron chi connectivity index (χ3n) is 2.35. The van der Waals surface area contributed by atoms with Gasteiger partial charge in [0.25, 0.3) is 0 Å². The summed E-state index contributed by atoms with van der Waals surface area (Å²) < 4.78 is 5.71. The topological polar surface area (TPSA) is 103 Å². The number of aromatic nitrogens is 3. The molecule has 0 fully saturated rings. The minimum Gasteiger partial charge on any atom is -0.467 e. The maximum atomic E-state index is 10.9. The number of nitrogens with one attached hydrogen (secondary N) is 1. The highest BCUT2D eigenvalue weighted by Crippen LogP contribution is 2.23. The Balaban J connectivity index is 2.18. The van der Waals surface area contributed by atoms with Crippen LogP contribution < -0.4 is 10.1 Å². The first-order valence-corrected chi connectivity index (χ1v) is 6.29. The number of halogens is 1. The number of methoxy groups -OCH3 is 1. The zero-order chi connectivity index (χ0) is 14.5. The molecule has 0 aromatic carbocycles. The second kappa shape index (κ2) is 6.24. The summed E-state index contributed by atoms with van der Waals surface area (Å²) in [5.41, 5.74) is 0.503. The van der Waals surface area contributed by atoms with E-state index in [0.29, 0.717) is 6.54 Å². The van der Waals surface area contributed by atoms with Crippen LogP contribution in [0.15, 0.2) is 29.0 Å². The Morgan fingerprint density at radius 1 is 1.40 bits per heavy atom. The smallest absolute Gasteiger partial charge is 0.329 e. The van der Waals surface area contributed by atoms with Gasteiger partial charge < -0.3 is 10.1 Å². The van der Waals surface area contributed by atoms with Crippen LogP contribution in [0.1, 0.15) is 5.69 Å². The van der Waals surface area contributed by atoms with Crippen molar-refractivity contribution in [3.8, 4) is 6.01 Å². The molecule has 104 valence electrons. The lowest BCUT2D eigenvalue weighted by atomic mass is 10.3. The van der Waals surface area contributed by atoms with Gasteiger partial charge in [-0.1, -0.05) is 0 Å². The minimum atomic E-state index is -0.559. The Hall–Kier alpha value is -2.29. The predicted octanol–water partition coefficient (Wildman–Crippen LogP) is 2.16. The largest absolute Gasteiger partial charge is 0.467 e. The van der Waals surface area contributed by atoms with E-state index in [1.807, 2.05) is 6.07 Å². The molecule has 0 spiro atoms. The number of nitro groups is 1. The van der Waals surface area contributed by atoms with E-state index in [0.717, 1.165) is 16.4 Å². The third kappa shape index (κ3) is 3.38. The van der Waals surface area contributed by atoms with E-state index < -0.39 is 4.92 Å². The Labute approximate surface area is 122 Å². The third-order valence-corrected chi connectivity index (χ3v) is 2.82. The molecule has 0 atom stereocenters. The van der Waals surface area contributed by atoms with Gasteiger partial charge in [-0.15, -0.1) is 0 Å². The molecular formula is C11H10BrN5O3. The van der Waals surface area contributed by atoms with Crippen molar-refractivity contribution in [2.24, 2.45) is 0 Å². The first-order chi connectivity index (χ1) is 9.60. The number of rotatable bonds is 5. The molecular weight excluding hydrogens is 330 g/mol. The highest BCUT2D eigenvalue weighted by Gasteiger charge is 2.17. The first-order valence-electron chi connectivity index (χ1n) is 5.50. The van der Waals surface area contributed by atoms with Crippen molar-refractivity contribution in [2.45, 2.75) is 6.54 Å². The van der Waals surface area contributed by atoms with Crippen molar-refractivity contribution in [3.05, 3.63) is 44.8 Å². The van der Waals surface area contributed by atoms with E-state index in [2.05, 4.69) is 36.2 Å². The molecule has 0 amide bonds. The zero-order valence-electron chi connectivity index (χ0n) is 10.4. The van der Waals surface area contributed by atoms with E-state index in [1.165, 1.54) is 7.11 Å². The number of nitrogens with zero attached hydrogens (tertiary/aromatic N) is 4. The quantitative estimate of drug-likeness (QED) is 0.657. The SMILES string of the molecule is COc1ncc([N+](=O)[O-])c(NCc2ccc(Br)cn2)n1. The van der Waals surface area contributed by atoms with Crippen LogP contribution in [0, 0.1) is 10.1 Å². The van der Waals surface area contributed by atoms with E-state index in [-0.39, 0.29) is 17.5 Å². The number of hydrogen-bond acceptors (Lipinski definition) is 7. The highest BCUT2D eigenvalue weighted by molar-refractivity contribution is 9.10. The summed E-state index contributed by atoms with van der Waals surface area (Å²) in [6, 6.07) is 3.68. The van der Waals surface area contributed by atoms with Crippen LogP contribution in [0.3, 0.4) is 0 Å². The van der Waals surface area contributed by atoms with Gasteiger partial charge in [0.05, 0.1) is 24.3 Å². The van der Waals surface area contributed by atoms with Crippen molar-refractivity contribution in [2.75, 3.05) is 12.4 Å². The molecule has 0 aliphatic rings. The van der Waals surface area contributed by atoms with Gasteiger partial charge in [-0.3, -0.25) is 15.1 Å². The summed E-state index contributed by atoms with van der Waals surface area (Å²) in [6.45, 7) is 0.300. The Kier molecular flexibility index (Phi) is 4.41. The summed E-state index contributed by atoms with van der Waals surface area (Å²) in [6.07, 6.45) is 2.75. The zero-order valence-corrected chi connectivity index (χ0v) is 12.0. The van der Waals surface area contributed by atoms with Gasteiger partial charge in [0.2, 0.25) is 5.82 Å². The summed E-state index contributed by atoms with van der Waals surface area (Å²) in [5.74, 6) is 0.0894. The average Bonchev–Trinajstić information content (AvgIpc) is 2.46. The van der Waals surface area contributed by atoms with Crippen LogP contribution in [0.25, 0.3) is 0 Å². The molecule has 9 heteroatoms. The molecule has 8 nitrogen and oxygen atoms in total. The monoisotopic (exact) mass is 339 g/mol. The summed E-state index contributed by atoms with van der Waals surface area (Å²) in [7, 11) is 1.39. The van der Waals surface area contributed by atoms with Crippen molar-refractivity contribution >= 4 is 27.4 Å². The molecule has 2 rings (SSSR count). The van der Waals surface area contributed by atoms with Gasteiger partial charge in [-0.25, -0.2) is 0 Å². The van der Waals surface area contributed by atoms with E-state index in [9.17, 15) is 10.1 Å². The van der Waals surface area contributed by atoms with Crippen LogP contribution in [0.2, 0.25) is 0 Å². The maximum absolute atomic E-state index is 10.9. The van der Waals surface area contributed by atoms with Crippen LogP contribution in [-0.4, -0.2) is 27.0 Å². The van der Waals surface area contributed by atoms with E-state index >= 15 is 0 Å². The molecule has 2 aromatic heterocycles. The molecule has 1 N–H and O–H groups in total. The standard InChI is InChI=1S/C11H10BrN5O3/c1-20-11-15-6-9(17(18)19)10(16-11)14-5-8-3-2-7(12)4-13-8/h2-4,6H,5H2,1H3,(H,14,15,16). The second-order valence-corrected chi connectivity index (χ2v) is 4.58. The number of hydrogen-bond donors (Lipinski definition) is 1. The molecule has 0 radical (unpaired) electrons. The highest BCUT2D eigenvalue weighted by atomic mass is 79.9. The molecule has 0 saturated heterocycles. The lowest BCUT2D eigenvalue weighted by molar-refractivity contribution is -0.384. The summed E-state index contributed by atoms with van der Waals surface area (Å²) >= 11 is 3.28. The number of pyridine rings is 1. The molecule has 0 unspecified atom stereocenters. The number of ether oxygens (including phenoxy) is 1. The van der Waals surface area contributed by atoms with Gasteiger partial charge in [0, 0.05) is 10.7 Å². The fraction of sp³-hybridized carbons (Fsp3) is 0.182. The van der Waals surface area contributed by atoms with Crippen molar-refractivity contribution in [1.29, 1.82) is 0 Å². The molecule has 2 aromatic rings. The molecule has 0 saturated carbocycles. The fourth-order valence-corrected chi connectivity index (χ4v) is 1.64. The predicted molar refractivity (Wildman–Crippen MR) is 74.5 cm³/mol. The fourth-order valence-electron chi connectivity index (χ4n) is 1.41. The Bertz CT molecular complexity index is 620. The molecule has 2 heterocycles. The Morgan fingerprint density at radius 2 is 2.20 bits per heavy atom. The van der Waals surface area contributed by atoms with Crippen molar-refractivity contribution < 1.29 is 9.66 Å². The molecule has 0 aliphatic carbocycles. The first kappa shape index (κ1) is 14.1. The van der Waals surface area contributed by atoms with Crippen LogP contribution in [-0.2, 0) is 6.54 Å². The lowest BCUT2D eigenvalue weighted by Gasteiger charge is -2.06. The maximum Gasteiger partial charge on any atom is 0.329 e. The summed E-state index contributed by atoms with van der Waals surface area (Å²) in [4.78, 5) is 22.1. The molecule has 0 aliphatic heterocycles. The number of anilines is 1. The van der Waals surface area contributed by atoms with Crippen molar-refractivity contribution in [3.63, 3.8) is 0 Å². The Morgan fingerprint density at radius 3 is 2.80 bits per heavy atom. The van der Waals surface area contributed by atoms with Crippen LogP contribution >= 0.6 is 15.9 Å². The minimum absolute atomic E-state index is 0.0573. The molecule has 0 bridgehead atoms. The van der Waals surface area contributed by atoms with Crippen LogP contribution in [0.5, 0.6) is 6.01 Å². The normalized spacial score (nSPS) is 10.1. The second-order valence-electron chi connectivity index (χ2n) is 3.67. The van der Waals surface area contributed by atoms with Gasteiger partial charge in [-0.05, 0) is 28.1 Å². The molecule has 20 heavy (non-hydrogen) atoms. The van der Waals surface area contributed by atoms with E-state index in [1.54, 1.807) is 12.3 Å². The van der Waals surface area contributed by atoms with Crippen LogP contribution in [0.4, 0.5) is 11.5 Å². The van der Waals surface area contributed by atoms with E-state index in [4.69, 9.17) is 4.74 Å². The van der Waals surface area contributed by atoms with Gasteiger partial charge >= 0.3 is 11.7 Å².